The van der Waals surface area contributed by atoms with E-state index in [4.69, 9.17) is 17.2 Å². The second-order valence-electron chi connectivity index (χ2n) is 9.78. The van der Waals surface area contributed by atoms with Gasteiger partial charge in [0.05, 0.1) is 12.5 Å². The molecule has 13 heteroatoms. The molecular weight excluding hydrogens is 506 g/mol. The van der Waals surface area contributed by atoms with Gasteiger partial charge in [-0.25, -0.2) is 4.79 Å². The van der Waals surface area contributed by atoms with Gasteiger partial charge in [0, 0.05) is 23.6 Å². The number of carboxylic acids is 1. The van der Waals surface area contributed by atoms with Crippen LogP contribution in [0, 0.1) is 0 Å². The predicted octanol–water partition coefficient (Wildman–Crippen LogP) is -0.913. The van der Waals surface area contributed by atoms with Crippen LogP contribution < -0.4 is 27.8 Å². The van der Waals surface area contributed by atoms with Crippen LogP contribution in [0.5, 0.6) is 0 Å². The number of hydrogen-bond donors (Lipinski definition) is 7. The van der Waals surface area contributed by atoms with E-state index in [2.05, 4.69) is 15.6 Å². The lowest BCUT2D eigenvalue weighted by atomic mass is 10.0. The Morgan fingerprint density at radius 2 is 1.85 bits per heavy atom. The van der Waals surface area contributed by atoms with Crippen molar-refractivity contribution in [3.05, 3.63) is 36.0 Å². The molecule has 1 aromatic heterocycles. The number of nitrogens with one attached hydrogen (secondary N) is 3. The molecule has 4 atom stereocenters. The molecule has 4 amide bonds. The average molecular weight is 544 g/mol. The monoisotopic (exact) mass is 543 g/mol. The summed E-state index contributed by atoms with van der Waals surface area (Å²) in [5.74, 6) is -4.00. The Hall–Kier alpha value is -3.97. The number of carbonyl (C=O) groups excluding carboxylic acids is 4. The number of benzene rings is 1. The molecule has 2 heterocycles. The van der Waals surface area contributed by atoms with Gasteiger partial charge in [0.25, 0.3) is 0 Å². The summed E-state index contributed by atoms with van der Waals surface area (Å²) >= 11 is 0. The van der Waals surface area contributed by atoms with E-state index < -0.39 is 60.2 Å². The van der Waals surface area contributed by atoms with E-state index in [1.807, 2.05) is 24.3 Å². The van der Waals surface area contributed by atoms with E-state index >= 15 is 0 Å². The number of amides is 4. The van der Waals surface area contributed by atoms with Crippen molar-refractivity contribution in [1.82, 2.24) is 20.5 Å². The Labute approximate surface area is 225 Å². The van der Waals surface area contributed by atoms with Gasteiger partial charge in [-0.3, -0.25) is 19.2 Å². The lowest BCUT2D eigenvalue weighted by Crippen LogP contribution is -2.57. The SMILES string of the molecule is NCCCCC(NC(=O)C(CC(N)=O)NC(=O)C1CCCN1C(=O)C(N)Cc1c[nH]c2ccccc12)C(=O)O. The fourth-order valence-corrected chi connectivity index (χ4v) is 4.84. The molecule has 4 unspecified atom stereocenters. The second kappa shape index (κ2) is 13.7. The minimum Gasteiger partial charge on any atom is -0.480 e. The number of hydrogen-bond acceptors (Lipinski definition) is 7. The molecule has 1 aliphatic heterocycles. The number of primary amides is 1. The molecule has 0 aliphatic carbocycles. The highest BCUT2D eigenvalue weighted by molar-refractivity contribution is 5.96. The molecule has 212 valence electrons. The first-order valence-electron chi connectivity index (χ1n) is 13.0. The first kappa shape index (κ1) is 29.6. The number of para-hydroxylation sites is 1. The van der Waals surface area contributed by atoms with Crippen LogP contribution >= 0.6 is 0 Å². The fourth-order valence-electron chi connectivity index (χ4n) is 4.84. The Morgan fingerprint density at radius 1 is 1.10 bits per heavy atom. The zero-order valence-electron chi connectivity index (χ0n) is 21.7. The van der Waals surface area contributed by atoms with Crippen molar-refractivity contribution in [3.63, 3.8) is 0 Å². The Balaban J connectivity index is 1.66. The van der Waals surface area contributed by atoms with E-state index in [0.717, 1.165) is 16.5 Å². The van der Waals surface area contributed by atoms with E-state index in [9.17, 15) is 29.1 Å². The first-order chi connectivity index (χ1) is 18.6. The van der Waals surface area contributed by atoms with Gasteiger partial charge >= 0.3 is 5.97 Å². The van der Waals surface area contributed by atoms with Gasteiger partial charge in [-0.2, -0.15) is 0 Å². The van der Waals surface area contributed by atoms with Gasteiger partial charge in [-0.15, -0.1) is 0 Å². The summed E-state index contributed by atoms with van der Waals surface area (Å²) in [4.78, 5) is 67.1. The molecule has 0 spiro atoms. The number of likely N-dealkylation sites (tertiary alicyclic amines) is 1. The van der Waals surface area contributed by atoms with E-state index in [0.29, 0.717) is 38.8 Å². The maximum Gasteiger partial charge on any atom is 0.326 e. The number of aromatic amines is 1. The van der Waals surface area contributed by atoms with Crippen LogP contribution in [0.3, 0.4) is 0 Å². The van der Waals surface area contributed by atoms with E-state index in [1.54, 1.807) is 6.20 Å². The fraction of sp³-hybridized carbons (Fsp3) is 0.500. The van der Waals surface area contributed by atoms with Gasteiger partial charge in [0.2, 0.25) is 23.6 Å². The molecule has 0 radical (unpaired) electrons. The summed E-state index contributed by atoms with van der Waals surface area (Å²) in [6.07, 6.45) is 3.62. The molecule has 1 saturated heterocycles. The summed E-state index contributed by atoms with van der Waals surface area (Å²) in [6.45, 7) is 0.691. The van der Waals surface area contributed by atoms with Crippen LogP contribution in [0.25, 0.3) is 10.9 Å². The van der Waals surface area contributed by atoms with Gasteiger partial charge < -0.3 is 42.8 Å². The number of H-pyrrole nitrogens is 1. The zero-order valence-corrected chi connectivity index (χ0v) is 21.7. The van der Waals surface area contributed by atoms with Crippen LogP contribution in [-0.4, -0.2) is 81.8 Å². The topological polar surface area (TPSA) is 227 Å². The molecule has 1 fully saturated rings. The third-order valence-electron chi connectivity index (χ3n) is 6.87. The van der Waals surface area contributed by atoms with Crippen molar-refractivity contribution < 1.29 is 29.1 Å². The molecular formula is C26H37N7O6. The molecule has 2 aromatic rings. The molecule has 0 saturated carbocycles. The van der Waals surface area contributed by atoms with Crippen molar-refractivity contribution in [1.29, 1.82) is 0 Å². The summed E-state index contributed by atoms with van der Waals surface area (Å²) in [7, 11) is 0. The third kappa shape index (κ3) is 7.77. The maximum absolute atomic E-state index is 13.2. The average Bonchev–Trinajstić information content (AvgIpc) is 3.54. The van der Waals surface area contributed by atoms with Crippen molar-refractivity contribution in [2.75, 3.05) is 13.1 Å². The van der Waals surface area contributed by atoms with Crippen LogP contribution in [0.2, 0.25) is 0 Å². The highest BCUT2D eigenvalue weighted by Crippen LogP contribution is 2.22. The number of aliphatic carboxylic acids is 1. The summed E-state index contributed by atoms with van der Waals surface area (Å²) in [6, 6.07) is 3.24. The minimum atomic E-state index is -1.40. The van der Waals surface area contributed by atoms with Gasteiger partial charge in [0.1, 0.15) is 18.1 Å². The van der Waals surface area contributed by atoms with Crippen LogP contribution in [0.4, 0.5) is 0 Å². The standard InChI is InChI=1S/C26H37N7O6/c27-10-4-3-8-19(26(38)39)31-23(35)20(13-22(29)34)32-24(36)21-9-5-11-33(21)25(37)17(28)12-15-14-30-18-7-2-1-6-16(15)18/h1-2,6-7,14,17,19-21,30H,3-5,8-13,27-28H2,(H2,29,34)(H,31,35)(H,32,36)(H,38,39). The largest absolute Gasteiger partial charge is 0.480 e. The van der Waals surface area contributed by atoms with Crippen molar-refractivity contribution >= 4 is 40.5 Å². The molecule has 10 N–H and O–H groups in total. The summed E-state index contributed by atoms with van der Waals surface area (Å²) in [5.41, 5.74) is 18.8. The Morgan fingerprint density at radius 3 is 2.54 bits per heavy atom. The lowest BCUT2D eigenvalue weighted by Gasteiger charge is -2.28. The lowest BCUT2D eigenvalue weighted by molar-refractivity contribution is -0.143. The summed E-state index contributed by atoms with van der Waals surface area (Å²) in [5, 5.41) is 15.3. The van der Waals surface area contributed by atoms with E-state index in [1.165, 1.54) is 4.90 Å². The van der Waals surface area contributed by atoms with Crippen molar-refractivity contribution in [2.24, 2.45) is 17.2 Å². The predicted molar refractivity (Wildman–Crippen MR) is 143 cm³/mol. The third-order valence-corrected chi connectivity index (χ3v) is 6.87. The Bertz CT molecular complexity index is 1200. The summed E-state index contributed by atoms with van der Waals surface area (Å²) < 4.78 is 0. The quantitative estimate of drug-likeness (QED) is 0.147. The zero-order chi connectivity index (χ0) is 28.5. The number of aromatic nitrogens is 1. The molecule has 0 bridgehead atoms. The molecule has 13 nitrogen and oxygen atoms in total. The number of carboxylic acid groups (broad SMARTS) is 1. The van der Waals surface area contributed by atoms with Crippen molar-refractivity contribution in [3.8, 4) is 0 Å². The number of nitrogens with two attached hydrogens (primary N) is 3. The minimum absolute atomic E-state index is 0.134. The number of nitrogens with zero attached hydrogens (tertiary/aromatic N) is 1. The van der Waals surface area contributed by atoms with Crippen LogP contribution in [0.1, 0.15) is 44.1 Å². The number of rotatable bonds is 14. The molecule has 39 heavy (non-hydrogen) atoms. The highest BCUT2D eigenvalue weighted by atomic mass is 16.4. The van der Waals surface area contributed by atoms with Gasteiger partial charge in [0.15, 0.2) is 0 Å². The van der Waals surface area contributed by atoms with Gasteiger partial charge in [-0.05, 0) is 56.7 Å². The normalized spacial score (nSPS) is 17.4. The first-order valence-corrected chi connectivity index (χ1v) is 13.0. The van der Waals surface area contributed by atoms with Crippen LogP contribution in [-0.2, 0) is 30.4 Å². The molecule has 1 aromatic carbocycles. The van der Waals surface area contributed by atoms with Crippen LogP contribution in [0.15, 0.2) is 30.5 Å². The van der Waals surface area contributed by atoms with E-state index in [-0.39, 0.29) is 12.8 Å². The highest BCUT2D eigenvalue weighted by Gasteiger charge is 2.38. The molecule has 1 aliphatic rings. The number of fused-ring (bicyclic) bond motifs is 1. The van der Waals surface area contributed by atoms with Crippen molar-refractivity contribution in [2.45, 2.75) is 69.1 Å². The Kier molecular flexibility index (Phi) is 10.4. The smallest absolute Gasteiger partial charge is 0.326 e. The number of unbranched alkanes of at least 4 members (excludes halogenated alkanes) is 1. The molecule has 3 rings (SSSR count). The number of carbonyl (C=O) groups is 5. The maximum atomic E-state index is 13.2. The van der Waals surface area contributed by atoms with Gasteiger partial charge in [-0.1, -0.05) is 18.2 Å². The second-order valence-corrected chi connectivity index (χ2v) is 9.78.